The van der Waals surface area contributed by atoms with Crippen molar-refractivity contribution in [3.05, 3.63) is 125 Å². The highest BCUT2D eigenvalue weighted by molar-refractivity contribution is 5.93. The van der Waals surface area contributed by atoms with E-state index >= 15 is 0 Å². The minimum absolute atomic E-state index is 0.00401. The number of anilines is 1. The number of nitrogens with one attached hydrogen (secondary N) is 1. The minimum atomic E-state index is -0.554. The Bertz CT molecular complexity index is 1670. The number of carbonyl (C=O) groups excluding carboxylic acids is 1. The Morgan fingerprint density at radius 2 is 1.57 bits per heavy atom. The molecule has 0 saturated carbocycles. The molecule has 0 bridgehead atoms. The largest absolute Gasteiger partial charge is 0.392 e. The molecule has 3 aliphatic rings. The van der Waals surface area contributed by atoms with Crippen LogP contribution in [0.4, 0.5) is 5.69 Å². The highest BCUT2D eigenvalue weighted by atomic mass is 16.7. The molecule has 0 aromatic heterocycles. The van der Waals surface area contributed by atoms with Gasteiger partial charge in [0.2, 0.25) is 5.91 Å². The molecule has 0 unspecified atom stereocenters. The van der Waals surface area contributed by atoms with Gasteiger partial charge in [-0.25, -0.2) is 0 Å². The van der Waals surface area contributed by atoms with Crippen molar-refractivity contribution in [2.75, 3.05) is 31.2 Å². The van der Waals surface area contributed by atoms with E-state index in [0.29, 0.717) is 13.2 Å². The number of likely N-dealkylation sites (tertiary alicyclic amines) is 1. The maximum Gasteiger partial charge on any atom is 0.247 e. The molecule has 4 aromatic rings. The maximum atomic E-state index is 13.3. The van der Waals surface area contributed by atoms with E-state index in [1.54, 1.807) is 0 Å². The van der Waals surface area contributed by atoms with Gasteiger partial charge in [0.15, 0.2) is 6.29 Å². The van der Waals surface area contributed by atoms with Crippen LogP contribution < -0.4 is 16.0 Å². The van der Waals surface area contributed by atoms with Crippen molar-refractivity contribution in [3.8, 4) is 11.1 Å². The Hall–Kier alpha value is -4.05. The number of aliphatic hydroxyl groups is 1. The van der Waals surface area contributed by atoms with Gasteiger partial charge in [0.05, 0.1) is 25.5 Å². The first-order valence-electron chi connectivity index (χ1n) is 16.7. The number of para-hydroxylation sites is 1. The molecule has 3 saturated heterocycles. The van der Waals surface area contributed by atoms with Crippen LogP contribution in [-0.2, 0) is 27.4 Å². The second kappa shape index (κ2) is 13.6. The van der Waals surface area contributed by atoms with Gasteiger partial charge in [-0.3, -0.25) is 4.79 Å². The predicted molar refractivity (Wildman–Crippen MR) is 183 cm³/mol. The van der Waals surface area contributed by atoms with E-state index in [2.05, 4.69) is 82.7 Å². The molecule has 4 atom stereocenters. The van der Waals surface area contributed by atoms with Crippen molar-refractivity contribution in [1.29, 1.82) is 0 Å². The molecule has 47 heavy (non-hydrogen) atoms. The lowest BCUT2D eigenvalue weighted by Gasteiger charge is -2.46. The number of benzene rings is 4. The number of aliphatic hydroxyl groups excluding tert-OH is 1. The van der Waals surface area contributed by atoms with Gasteiger partial charge in [-0.15, -0.1) is 0 Å². The molecule has 1 amide bonds. The van der Waals surface area contributed by atoms with E-state index in [9.17, 15) is 9.90 Å². The molecule has 3 aliphatic heterocycles. The first kappa shape index (κ1) is 31.5. The van der Waals surface area contributed by atoms with Gasteiger partial charge in [0.25, 0.3) is 0 Å². The number of carbonyl (C=O) groups is 1. The van der Waals surface area contributed by atoms with Crippen LogP contribution in [0.25, 0.3) is 11.1 Å². The maximum absolute atomic E-state index is 13.3. The number of hydrogen-bond acceptors (Lipinski definition) is 7. The summed E-state index contributed by atoms with van der Waals surface area (Å²) in [4.78, 5) is 18.0. The number of hydrogen-bond donors (Lipinski definition) is 3. The van der Waals surface area contributed by atoms with Crippen molar-refractivity contribution < 1.29 is 19.4 Å². The van der Waals surface area contributed by atoms with E-state index < -0.39 is 11.8 Å². The van der Waals surface area contributed by atoms with Crippen LogP contribution in [0.5, 0.6) is 0 Å². The molecule has 244 valence electrons. The van der Waals surface area contributed by atoms with Gasteiger partial charge in [-0.05, 0) is 64.9 Å². The van der Waals surface area contributed by atoms with Crippen molar-refractivity contribution >= 4 is 11.6 Å². The molecule has 4 aromatic carbocycles. The van der Waals surface area contributed by atoms with Crippen LogP contribution in [0.1, 0.15) is 54.4 Å². The lowest BCUT2D eigenvalue weighted by molar-refractivity contribution is -0.276. The Kier molecular flexibility index (Phi) is 9.12. The summed E-state index contributed by atoms with van der Waals surface area (Å²) in [7, 11) is 0. The van der Waals surface area contributed by atoms with Gasteiger partial charge in [0, 0.05) is 43.3 Å². The number of rotatable bonds is 8. The van der Waals surface area contributed by atoms with Crippen molar-refractivity contribution in [1.82, 2.24) is 10.2 Å². The van der Waals surface area contributed by atoms with Gasteiger partial charge in [0.1, 0.15) is 5.54 Å². The summed E-state index contributed by atoms with van der Waals surface area (Å²) in [6.45, 7) is 5.59. The normalized spacial score (nSPS) is 24.4. The highest BCUT2D eigenvalue weighted by Crippen LogP contribution is 2.43. The number of piperidine rings is 1. The summed E-state index contributed by atoms with van der Waals surface area (Å²) < 4.78 is 13.6. The van der Waals surface area contributed by atoms with Gasteiger partial charge < -0.3 is 35.4 Å². The van der Waals surface area contributed by atoms with Crippen LogP contribution >= 0.6 is 0 Å². The Morgan fingerprint density at radius 3 is 2.30 bits per heavy atom. The fraction of sp³-hybridized carbons (Fsp3) is 0.359. The molecular formula is C39H44N4O4. The lowest BCUT2D eigenvalue weighted by atomic mass is 9.84. The molecule has 0 aliphatic carbocycles. The standard InChI is InChI=1S/C39H44N4O4/c1-27-35(24-42-19-17-39(18-20-42)38(45)41-26-43(39)34-11-3-2-4-12-34)46-37(47-36(27)30-15-13-28(25-44)14-16-30)33-10-6-9-32(22-33)31-8-5-7-29(21-31)23-40/h2-16,21-22,27,35-37,44H,17-20,23-26,40H2,1H3,(H,41,45)/t27-,35+,36+,37+/m1/s1. The summed E-state index contributed by atoms with van der Waals surface area (Å²) >= 11 is 0. The average Bonchev–Trinajstić information content (AvgIpc) is 3.44. The fourth-order valence-corrected chi connectivity index (χ4v) is 7.46. The van der Waals surface area contributed by atoms with Gasteiger partial charge in [-0.2, -0.15) is 0 Å². The van der Waals surface area contributed by atoms with Crippen molar-refractivity contribution in [2.45, 2.75) is 57.0 Å². The average molecular weight is 633 g/mol. The summed E-state index contributed by atoms with van der Waals surface area (Å²) in [6, 6.07) is 35.0. The highest BCUT2D eigenvalue weighted by Gasteiger charge is 2.51. The number of ether oxygens (including phenoxy) is 2. The monoisotopic (exact) mass is 632 g/mol. The number of nitrogens with zero attached hydrogens (tertiary/aromatic N) is 2. The Balaban J connectivity index is 1.12. The number of nitrogens with two attached hydrogens (primary N) is 1. The van der Waals surface area contributed by atoms with Crippen LogP contribution in [0.3, 0.4) is 0 Å². The van der Waals surface area contributed by atoms with Crippen LogP contribution in [0.15, 0.2) is 103 Å². The summed E-state index contributed by atoms with van der Waals surface area (Å²) in [5.41, 5.74) is 12.7. The van der Waals surface area contributed by atoms with E-state index in [4.69, 9.17) is 15.2 Å². The topological polar surface area (TPSA) is 100 Å². The SMILES string of the molecule is C[C@@H]1[C@H](CN2CCC3(CC2)C(=O)NCN3c2ccccc2)O[C@H](c2cccc(-c3cccc(CN)c3)c2)O[C@@H]1c1ccc(CO)cc1. The summed E-state index contributed by atoms with van der Waals surface area (Å²) in [6.07, 6.45) is 0.662. The van der Waals surface area contributed by atoms with E-state index in [-0.39, 0.29) is 30.6 Å². The molecule has 7 rings (SSSR count). The smallest absolute Gasteiger partial charge is 0.247 e. The third kappa shape index (κ3) is 6.32. The molecule has 1 spiro atoms. The Morgan fingerprint density at radius 1 is 0.851 bits per heavy atom. The van der Waals surface area contributed by atoms with Crippen LogP contribution in [0.2, 0.25) is 0 Å². The molecule has 0 radical (unpaired) electrons. The quantitative estimate of drug-likeness (QED) is 0.235. The zero-order valence-electron chi connectivity index (χ0n) is 26.9. The lowest BCUT2D eigenvalue weighted by Crippen LogP contribution is -2.57. The third-order valence-electron chi connectivity index (χ3n) is 10.3. The van der Waals surface area contributed by atoms with Crippen LogP contribution in [-0.4, -0.2) is 53.9 Å². The fourth-order valence-electron chi connectivity index (χ4n) is 7.46. The molecule has 3 heterocycles. The first-order chi connectivity index (χ1) is 23.0. The molecule has 4 N–H and O–H groups in total. The second-order valence-corrected chi connectivity index (χ2v) is 13.1. The van der Waals surface area contributed by atoms with Gasteiger partial charge in [-0.1, -0.05) is 85.8 Å². The van der Waals surface area contributed by atoms with Crippen LogP contribution in [0, 0.1) is 5.92 Å². The number of amides is 1. The molecule has 8 heteroatoms. The van der Waals surface area contributed by atoms with Gasteiger partial charge >= 0.3 is 0 Å². The second-order valence-electron chi connectivity index (χ2n) is 13.1. The third-order valence-corrected chi connectivity index (χ3v) is 10.3. The van der Waals surface area contributed by atoms with Crippen molar-refractivity contribution in [2.24, 2.45) is 11.7 Å². The minimum Gasteiger partial charge on any atom is -0.392 e. The predicted octanol–water partition coefficient (Wildman–Crippen LogP) is 5.52. The zero-order chi connectivity index (χ0) is 32.4. The molecule has 3 fully saturated rings. The molecule has 8 nitrogen and oxygen atoms in total. The van der Waals surface area contributed by atoms with Crippen molar-refractivity contribution in [3.63, 3.8) is 0 Å². The summed E-state index contributed by atoms with van der Waals surface area (Å²) in [5.74, 6) is 0.196. The zero-order valence-corrected chi connectivity index (χ0v) is 26.9. The van der Waals surface area contributed by atoms with E-state index in [0.717, 1.165) is 71.5 Å². The molecular weight excluding hydrogens is 588 g/mol. The van der Waals surface area contributed by atoms with E-state index in [1.807, 2.05) is 42.5 Å². The Labute approximate surface area is 277 Å². The summed E-state index contributed by atoms with van der Waals surface area (Å²) in [5, 5.41) is 12.8. The van der Waals surface area contributed by atoms with E-state index in [1.165, 1.54) is 0 Å². The first-order valence-corrected chi connectivity index (χ1v) is 16.7.